The Balaban J connectivity index is 1.98. The van der Waals surface area contributed by atoms with E-state index in [0.29, 0.717) is 11.4 Å². The molecule has 1 saturated heterocycles. The van der Waals surface area contributed by atoms with E-state index in [-0.39, 0.29) is 18.7 Å². The molecule has 1 fully saturated rings. The van der Waals surface area contributed by atoms with Crippen LogP contribution in [0.3, 0.4) is 0 Å². The van der Waals surface area contributed by atoms with Crippen LogP contribution in [0.5, 0.6) is 0 Å². The third kappa shape index (κ3) is 3.56. The molecule has 2 aliphatic rings. The highest BCUT2D eigenvalue weighted by Crippen LogP contribution is 2.51. The summed E-state index contributed by atoms with van der Waals surface area (Å²) in [7, 11) is -1.93. The van der Waals surface area contributed by atoms with Gasteiger partial charge in [-0.05, 0) is 30.3 Å². The molecule has 0 aliphatic carbocycles. The van der Waals surface area contributed by atoms with Gasteiger partial charge in [-0.15, -0.1) is 0 Å². The normalized spacial score (nSPS) is 26.2. The fourth-order valence-electron chi connectivity index (χ4n) is 4.30. The van der Waals surface area contributed by atoms with Gasteiger partial charge in [-0.3, -0.25) is 10.1 Å². The second-order valence-corrected chi connectivity index (χ2v) is 12.5. The van der Waals surface area contributed by atoms with Crippen molar-refractivity contribution in [3.8, 4) is 0 Å². The predicted octanol–water partition coefficient (Wildman–Crippen LogP) is 4.40. The topological polar surface area (TPSA) is 59.6 Å². The molecule has 0 spiro atoms. The van der Waals surface area contributed by atoms with E-state index in [1.165, 1.54) is 0 Å². The number of esters is 1. The largest absolute Gasteiger partial charge is 0.460 e. The number of rotatable bonds is 8. The zero-order valence-corrected chi connectivity index (χ0v) is 18.1. The number of nitrogens with one attached hydrogen (secondary N) is 2. The number of carbonyl (C=O) groups excluding carboxylic acids is 1. The van der Waals surface area contributed by atoms with Gasteiger partial charge in [0.05, 0.1) is 0 Å². The van der Waals surface area contributed by atoms with Gasteiger partial charge < -0.3 is 14.5 Å². The van der Waals surface area contributed by atoms with Crippen LogP contribution in [0.2, 0.25) is 23.2 Å². The summed E-state index contributed by atoms with van der Waals surface area (Å²) >= 11 is 6.20. The van der Waals surface area contributed by atoms with Crippen LogP contribution in [0.4, 0.5) is 5.69 Å². The molecule has 5 nitrogen and oxygen atoms in total. The number of benzene rings is 1. The molecule has 0 aromatic heterocycles. The van der Waals surface area contributed by atoms with Crippen molar-refractivity contribution in [2.24, 2.45) is 0 Å². The number of hydrogen-bond acceptors (Lipinski definition) is 5. The van der Waals surface area contributed by atoms with Gasteiger partial charge in [0, 0.05) is 22.7 Å². The molecular weight excluding hydrogens is 380 g/mol. The van der Waals surface area contributed by atoms with Gasteiger partial charge in [0.25, 0.3) is 0 Å². The van der Waals surface area contributed by atoms with Crippen molar-refractivity contribution in [1.82, 2.24) is 5.32 Å². The molecule has 7 heteroatoms. The van der Waals surface area contributed by atoms with E-state index >= 15 is 0 Å². The van der Waals surface area contributed by atoms with Crippen LogP contribution in [-0.2, 0) is 19.6 Å². The van der Waals surface area contributed by atoms with Crippen molar-refractivity contribution in [3.05, 3.63) is 41.4 Å². The summed E-state index contributed by atoms with van der Waals surface area (Å²) in [4.78, 5) is 12.5. The molecule has 3 atom stereocenters. The number of anilines is 1. The van der Waals surface area contributed by atoms with Gasteiger partial charge >= 0.3 is 5.97 Å². The summed E-state index contributed by atoms with van der Waals surface area (Å²) in [6, 6.07) is 8.58. The summed E-state index contributed by atoms with van der Waals surface area (Å²) in [5, 5.41) is 7.57. The number of hydrogen-bond donors (Lipinski definition) is 2. The van der Waals surface area contributed by atoms with E-state index in [1.54, 1.807) is 6.08 Å². The maximum absolute atomic E-state index is 12.5. The van der Waals surface area contributed by atoms with E-state index < -0.39 is 20.0 Å². The molecule has 0 amide bonds. The number of carbonyl (C=O) groups is 1. The number of halogens is 1. The fourth-order valence-corrected chi connectivity index (χ4v) is 7.49. The number of ether oxygens (including phenoxy) is 1. The summed E-state index contributed by atoms with van der Waals surface area (Å²) in [5.41, 5.74) is 1.48. The maximum atomic E-state index is 12.5. The highest BCUT2D eigenvalue weighted by Gasteiger charge is 2.58. The van der Waals surface area contributed by atoms with Crippen molar-refractivity contribution in [3.63, 3.8) is 0 Å². The quantitative estimate of drug-likeness (QED) is 0.379. The monoisotopic (exact) mass is 408 g/mol. The minimum atomic E-state index is -1.93. The van der Waals surface area contributed by atoms with Crippen LogP contribution < -0.4 is 10.6 Å². The predicted molar refractivity (Wildman–Crippen MR) is 112 cm³/mol. The van der Waals surface area contributed by atoms with Crippen molar-refractivity contribution in [2.75, 3.05) is 11.9 Å². The highest BCUT2D eigenvalue weighted by molar-refractivity contribution is 6.73. The lowest BCUT2D eigenvalue weighted by molar-refractivity contribution is -0.144. The molecule has 1 aromatic rings. The molecule has 0 unspecified atom stereocenters. The second-order valence-electron chi connectivity index (χ2n) is 7.34. The Morgan fingerprint density at radius 2 is 2.07 bits per heavy atom. The van der Waals surface area contributed by atoms with Crippen molar-refractivity contribution in [2.45, 2.75) is 63.1 Å². The van der Waals surface area contributed by atoms with Crippen molar-refractivity contribution in [1.29, 1.82) is 0 Å². The van der Waals surface area contributed by atoms with E-state index in [1.807, 2.05) is 18.2 Å². The molecule has 148 valence electrons. The first-order valence-corrected chi connectivity index (χ1v) is 12.6. The Kier molecular flexibility index (Phi) is 6.01. The number of fused-ring (bicyclic) bond motifs is 3. The van der Waals surface area contributed by atoms with Gasteiger partial charge in [-0.1, -0.05) is 51.1 Å². The molecule has 0 bridgehead atoms. The molecule has 1 aromatic carbocycles. The lowest BCUT2D eigenvalue weighted by Crippen LogP contribution is -2.51. The molecule has 2 aliphatic heterocycles. The van der Waals surface area contributed by atoms with E-state index in [0.717, 1.165) is 29.4 Å². The van der Waals surface area contributed by atoms with E-state index in [4.69, 9.17) is 20.8 Å². The van der Waals surface area contributed by atoms with Crippen molar-refractivity contribution < 1.29 is 14.0 Å². The van der Waals surface area contributed by atoms with E-state index in [9.17, 15) is 4.79 Å². The summed E-state index contributed by atoms with van der Waals surface area (Å²) < 4.78 is 12.3. The molecule has 3 rings (SSSR count). The van der Waals surface area contributed by atoms with Crippen LogP contribution in [-0.4, -0.2) is 33.1 Å². The summed E-state index contributed by atoms with van der Waals surface area (Å²) in [5.74, 6) is -0.263. The molecule has 0 radical (unpaired) electrons. The molecular formula is C20H29ClN2O3Si. The van der Waals surface area contributed by atoms with Crippen LogP contribution >= 0.6 is 11.6 Å². The van der Waals surface area contributed by atoms with Crippen molar-refractivity contribution >= 4 is 31.6 Å². The molecule has 27 heavy (non-hydrogen) atoms. The fraction of sp³-hybridized carbons (Fsp3) is 0.550. The highest BCUT2D eigenvalue weighted by atomic mass is 35.5. The third-order valence-corrected chi connectivity index (χ3v) is 10.9. The molecule has 2 N–H and O–H groups in total. The smallest absolute Gasteiger partial charge is 0.323 e. The van der Waals surface area contributed by atoms with E-state index in [2.05, 4.69) is 38.0 Å². The van der Waals surface area contributed by atoms with Crippen LogP contribution in [0.1, 0.15) is 32.8 Å². The first-order valence-electron chi connectivity index (χ1n) is 9.74. The zero-order chi connectivity index (χ0) is 19.7. The Bertz CT molecular complexity index is 717. The van der Waals surface area contributed by atoms with Gasteiger partial charge in [0.1, 0.15) is 24.4 Å². The van der Waals surface area contributed by atoms with Gasteiger partial charge in [-0.25, -0.2) is 0 Å². The van der Waals surface area contributed by atoms with Gasteiger partial charge in [-0.2, -0.15) is 0 Å². The lowest BCUT2D eigenvalue weighted by Gasteiger charge is -2.40. The second kappa shape index (κ2) is 7.95. The average molecular weight is 409 g/mol. The Morgan fingerprint density at radius 3 is 2.70 bits per heavy atom. The minimum absolute atomic E-state index is 0.177. The Hall–Kier alpha value is -1.34. The maximum Gasteiger partial charge on any atom is 0.323 e. The van der Waals surface area contributed by atoms with Gasteiger partial charge in [0.2, 0.25) is 0 Å². The molecule has 0 saturated carbocycles. The molecule has 2 heterocycles. The van der Waals surface area contributed by atoms with Crippen LogP contribution in [0, 0.1) is 0 Å². The standard InChI is InChI=1S/C20H29ClN2O3Si/c1-5-11-25-18(24)17-13-20(26-27(6-2,7-3)8-4)15-10-9-14(21)12-16(15)22-19(20)23-17/h5,9-10,12,17,19,22-23H,1,6-8,11,13H2,2-4H3/t17-,19-,20+/m0/s1. The minimum Gasteiger partial charge on any atom is -0.460 e. The average Bonchev–Trinajstić information content (AvgIpc) is 3.16. The summed E-state index contributed by atoms with van der Waals surface area (Å²) in [6.07, 6.45) is 1.95. The first kappa shape index (κ1) is 20.4. The zero-order valence-electron chi connectivity index (χ0n) is 16.3. The van der Waals surface area contributed by atoms with Crippen LogP contribution in [0.25, 0.3) is 0 Å². The Labute approximate surface area is 167 Å². The van der Waals surface area contributed by atoms with Crippen LogP contribution in [0.15, 0.2) is 30.9 Å². The Morgan fingerprint density at radius 1 is 1.37 bits per heavy atom. The first-order chi connectivity index (χ1) is 12.9. The third-order valence-electron chi connectivity index (χ3n) is 6.04. The van der Waals surface area contributed by atoms with Gasteiger partial charge in [0.15, 0.2) is 8.32 Å². The summed E-state index contributed by atoms with van der Waals surface area (Å²) in [6.45, 7) is 10.5. The SMILES string of the molecule is C=CCOC(=O)[C@@H]1C[C@@]2(O[Si](CC)(CC)CC)c3ccc(Cl)cc3N[C@H]2N1. The lowest BCUT2D eigenvalue weighted by atomic mass is 9.91.